The molecule has 25 heavy (non-hydrogen) atoms. The van der Waals surface area contributed by atoms with Crippen LogP contribution in [0.3, 0.4) is 0 Å². The first-order chi connectivity index (χ1) is 12.0. The van der Waals surface area contributed by atoms with Crippen molar-refractivity contribution in [1.29, 1.82) is 0 Å². The molecule has 1 heterocycles. The second-order valence-electron chi connectivity index (χ2n) is 5.49. The van der Waals surface area contributed by atoms with E-state index in [0.29, 0.717) is 28.1 Å². The molecule has 7 heteroatoms. The number of anilines is 2. The van der Waals surface area contributed by atoms with E-state index in [9.17, 15) is 9.59 Å². The van der Waals surface area contributed by atoms with Crippen molar-refractivity contribution < 1.29 is 18.7 Å². The highest BCUT2D eigenvalue weighted by molar-refractivity contribution is 6.05. The lowest BCUT2D eigenvalue weighted by Crippen LogP contribution is -2.13. The topological polar surface area (TPSA) is 93.5 Å². The van der Waals surface area contributed by atoms with E-state index < -0.39 is 0 Å². The molecule has 0 saturated heterocycles. The summed E-state index contributed by atoms with van der Waals surface area (Å²) in [5.41, 5.74) is 2.86. The maximum Gasteiger partial charge on any atom is 0.302 e. The van der Waals surface area contributed by atoms with E-state index in [1.54, 1.807) is 30.3 Å². The predicted molar refractivity (Wildman–Crippen MR) is 94.0 cm³/mol. The van der Waals surface area contributed by atoms with E-state index >= 15 is 0 Å². The van der Waals surface area contributed by atoms with Gasteiger partial charge in [0.25, 0.3) is 5.91 Å². The molecule has 1 aromatic heterocycles. The summed E-state index contributed by atoms with van der Waals surface area (Å²) in [5.74, 6) is -0.0582. The van der Waals surface area contributed by atoms with E-state index in [-0.39, 0.29) is 17.8 Å². The second-order valence-corrected chi connectivity index (χ2v) is 5.49. The minimum atomic E-state index is -0.380. The van der Waals surface area contributed by atoms with Gasteiger partial charge in [-0.15, -0.1) is 0 Å². The van der Waals surface area contributed by atoms with Crippen LogP contribution in [0.25, 0.3) is 11.1 Å². The number of aryl methyl sites for hydroxylation is 1. The monoisotopic (exact) mass is 339 g/mol. The van der Waals surface area contributed by atoms with Crippen LogP contribution >= 0.6 is 0 Å². The van der Waals surface area contributed by atoms with Crippen molar-refractivity contribution in [3.63, 3.8) is 0 Å². The molecule has 0 saturated carbocycles. The van der Waals surface area contributed by atoms with Crippen molar-refractivity contribution in [2.45, 2.75) is 13.8 Å². The van der Waals surface area contributed by atoms with Crippen LogP contribution in [0.4, 0.5) is 11.7 Å². The summed E-state index contributed by atoms with van der Waals surface area (Å²) in [4.78, 5) is 27.8. The molecule has 7 nitrogen and oxygen atoms in total. The first-order valence-electron chi connectivity index (χ1n) is 7.61. The zero-order chi connectivity index (χ0) is 18.0. The number of fused-ring (bicyclic) bond motifs is 1. The number of carbonyl (C=O) groups excluding carboxylic acids is 2. The zero-order valence-corrected chi connectivity index (χ0v) is 14.0. The number of methoxy groups -OCH3 is 1. The van der Waals surface area contributed by atoms with Crippen LogP contribution in [0.5, 0.6) is 5.75 Å². The number of ether oxygens (including phenoxy) is 1. The number of hydrogen-bond acceptors (Lipinski definition) is 5. The second kappa shape index (κ2) is 6.64. The van der Waals surface area contributed by atoms with E-state index in [4.69, 9.17) is 9.15 Å². The highest BCUT2D eigenvalue weighted by Crippen LogP contribution is 2.26. The highest BCUT2D eigenvalue weighted by atomic mass is 16.5. The predicted octanol–water partition coefficient (Wildman–Crippen LogP) is 3.36. The number of amides is 2. The Morgan fingerprint density at radius 2 is 1.96 bits per heavy atom. The van der Waals surface area contributed by atoms with Crippen molar-refractivity contribution in [1.82, 2.24) is 4.98 Å². The Kier molecular flexibility index (Phi) is 4.38. The number of rotatable bonds is 4. The molecule has 0 bridgehead atoms. The van der Waals surface area contributed by atoms with Gasteiger partial charge in [0.2, 0.25) is 5.91 Å². The molecular formula is C18H17N3O4. The molecule has 2 aromatic carbocycles. The van der Waals surface area contributed by atoms with Gasteiger partial charge in [0.1, 0.15) is 11.3 Å². The third-order valence-corrected chi connectivity index (χ3v) is 3.59. The Labute approximate surface area is 144 Å². The number of carbonyl (C=O) groups is 2. The fourth-order valence-corrected chi connectivity index (χ4v) is 2.53. The molecule has 0 spiro atoms. The smallest absolute Gasteiger partial charge is 0.302 e. The molecule has 0 unspecified atom stereocenters. The summed E-state index contributed by atoms with van der Waals surface area (Å²) in [6, 6.07) is 10.4. The summed E-state index contributed by atoms with van der Waals surface area (Å²) in [6.45, 7) is 3.28. The normalized spacial score (nSPS) is 10.5. The molecule has 3 aromatic rings. The number of nitrogens with zero attached hydrogens (tertiary/aromatic N) is 1. The number of aromatic nitrogens is 1. The van der Waals surface area contributed by atoms with Crippen LogP contribution in [0.2, 0.25) is 0 Å². The number of hydrogen-bond donors (Lipinski definition) is 2. The fraction of sp³-hybridized carbons (Fsp3) is 0.167. The van der Waals surface area contributed by atoms with Gasteiger partial charge in [0.05, 0.1) is 12.7 Å². The first-order valence-corrected chi connectivity index (χ1v) is 7.61. The van der Waals surface area contributed by atoms with Crippen LogP contribution in [0, 0.1) is 6.92 Å². The molecule has 3 rings (SSSR count). The van der Waals surface area contributed by atoms with Gasteiger partial charge < -0.3 is 14.5 Å². The number of oxazole rings is 1. The van der Waals surface area contributed by atoms with Crippen LogP contribution in [-0.2, 0) is 4.79 Å². The summed E-state index contributed by atoms with van der Waals surface area (Å²) in [6.07, 6.45) is 0. The van der Waals surface area contributed by atoms with Gasteiger partial charge in [-0.05, 0) is 30.7 Å². The molecule has 0 radical (unpaired) electrons. The number of para-hydroxylation sites is 1. The standard InChI is InChI=1S/C18H17N3O4/c1-10-5-4-6-13(16(10)24-3)17(23)21-18-20-14-8-7-12(19-11(2)22)9-15(14)25-18/h4-9H,1-3H3,(H,19,22)(H,20,21,23). The van der Waals surface area contributed by atoms with Gasteiger partial charge in [-0.2, -0.15) is 4.98 Å². The molecule has 2 amide bonds. The first kappa shape index (κ1) is 16.5. The third kappa shape index (κ3) is 3.45. The lowest BCUT2D eigenvalue weighted by atomic mass is 10.1. The molecule has 2 N–H and O–H groups in total. The minimum Gasteiger partial charge on any atom is -0.496 e. The van der Waals surface area contributed by atoms with Gasteiger partial charge in [-0.1, -0.05) is 12.1 Å². The van der Waals surface area contributed by atoms with E-state index in [0.717, 1.165) is 5.56 Å². The maximum absolute atomic E-state index is 12.5. The van der Waals surface area contributed by atoms with Crippen molar-refractivity contribution in [2.24, 2.45) is 0 Å². The molecule has 0 aliphatic rings. The van der Waals surface area contributed by atoms with E-state index in [1.165, 1.54) is 14.0 Å². The molecule has 128 valence electrons. The van der Waals surface area contributed by atoms with E-state index in [2.05, 4.69) is 15.6 Å². The van der Waals surface area contributed by atoms with Crippen LogP contribution in [-0.4, -0.2) is 23.9 Å². The van der Waals surface area contributed by atoms with Crippen molar-refractivity contribution in [3.8, 4) is 5.75 Å². The summed E-state index contributed by atoms with van der Waals surface area (Å²) >= 11 is 0. The largest absolute Gasteiger partial charge is 0.496 e. The molecule has 0 atom stereocenters. The summed E-state index contributed by atoms with van der Waals surface area (Å²) in [5, 5.41) is 5.29. The number of benzene rings is 2. The van der Waals surface area contributed by atoms with Gasteiger partial charge in [0.15, 0.2) is 5.58 Å². The summed E-state index contributed by atoms with van der Waals surface area (Å²) in [7, 11) is 1.52. The molecule has 0 aliphatic heterocycles. The average molecular weight is 339 g/mol. The maximum atomic E-state index is 12.5. The SMILES string of the molecule is COc1c(C)cccc1C(=O)Nc1nc2ccc(NC(C)=O)cc2o1. The van der Waals surface area contributed by atoms with E-state index in [1.807, 2.05) is 13.0 Å². The molecule has 0 aliphatic carbocycles. The Hall–Kier alpha value is -3.35. The Morgan fingerprint density at radius 1 is 1.16 bits per heavy atom. The third-order valence-electron chi connectivity index (χ3n) is 3.59. The Morgan fingerprint density at radius 3 is 2.68 bits per heavy atom. The van der Waals surface area contributed by atoms with Crippen LogP contribution in [0.15, 0.2) is 40.8 Å². The van der Waals surface area contributed by atoms with Crippen molar-refractivity contribution in [2.75, 3.05) is 17.7 Å². The molecule has 0 fully saturated rings. The van der Waals surface area contributed by atoms with Crippen molar-refractivity contribution in [3.05, 3.63) is 47.5 Å². The molecular weight excluding hydrogens is 322 g/mol. The van der Waals surface area contributed by atoms with Crippen LogP contribution in [0.1, 0.15) is 22.8 Å². The highest BCUT2D eigenvalue weighted by Gasteiger charge is 2.16. The zero-order valence-electron chi connectivity index (χ0n) is 14.0. The lowest BCUT2D eigenvalue weighted by Gasteiger charge is -2.09. The quantitative estimate of drug-likeness (QED) is 0.760. The lowest BCUT2D eigenvalue weighted by molar-refractivity contribution is -0.114. The minimum absolute atomic E-state index is 0.0727. The number of nitrogens with one attached hydrogen (secondary N) is 2. The fourth-order valence-electron chi connectivity index (χ4n) is 2.53. The Bertz CT molecular complexity index is 962. The average Bonchev–Trinajstić information content (AvgIpc) is 2.95. The van der Waals surface area contributed by atoms with Gasteiger partial charge in [0, 0.05) is 18.7 Å². The van der Waals surface area contributed by atoms with Gasteiger partial charge >= 0.3 is 6.01 Å². The van der Waals surface area contributed by atoms with Gasteiger partial charge in [-0.25, -0.2) is 0 Å². The van der Waals surface area contributed by atoms with Crippen molar-refractivity contribution >= 4 is 34.6 Å². The summed E-state index contributed by atoms with van der Waals surface area (Å²) < 4.78 is 10.8. The van der Waals surface area contributed by atoms with Gasteiger partial charge in [-0.3, -0.25) is 14.9 Å². The van der Waals surface area contributed by atoms with Crippen LogP contribution < -0.4 is 15.4 Å². The Balaban J connectivity index is 1.86.